The van der Waals surface area contributed by atoms with Gasteiger partial charge in [0, 0.05) is 0 Å². The summed E-state index contributed by atoms with van der Waals surface area (Å²) in [6.45, 7) is 4.61. The first-order valence-corrected chi connectivity index (χ1v) is 28.0. The zero-order chi connectivity index (χ0) is 47.4. The number of amides is 2. The molecule has 3 aromatic rings. The van der Waals surface area contributed by atoms with Gasteiger partial charge in [-0.3, -0.25) is 18.7 Å². The lowest BCUT2D eigenvalue weighted by Gasteiger charge is -2.27. The molecular formula is C45H51N3O12S6. The summed E-state index contributed by atoms with van der Waals surface area (Å²) in [4.78, 5) is 44.7. The number of carbonyl (C=O) groups excluding carboxylic acids is 3. The molecule has 3 aliphatic rings. The van der Waals surface area contributed by atoms with Crippen LogP contribution in [0.2, 0.25) is 0 Å². The van der Waals surface area contributed by atoms with Crippen molar-refractivity contribution in [2.75, 3.05) is 31.3 Å². The minimum absolute atomic E-state index is 0.000652. The second-order valence-corrected chi connectivity index (χ2v) is 23.3. The number of nitriles is 1. The highest BCUT2D eigenvalue weighted by molar-refractivity contribution is 8.26. The molecule has 0 aliphatic carbocycles. The molecule has 1 saturated heterocycles. The first-order chi connectivity index (χ1) is 31.6. The van der Waals surface area contributed by atoms with Crippen LogP contribution in [0.4, 0.5) is 0 Å². The summed E-state index contributed by atoms with van der Waals surface area (Å²) >= 11 is 4.51. The van der Waals surface area contributed by atoms with Crippen molar-refractivity contribution in [3.8, 4) is 17.6 Å². The number of hydrogen-bond acceptors (Lipinski definition) is 15. The fourth-order valence-corrected chi connectivity index (χ4v) is 13.7. The molecule has 3 aromatic carbocycles. The highest BCUT2D eigenvalue weighted by Gasteiger charge is 2.46. The quantitative estimate of drug-likeness (QED) is 0.0213. The van der Waals surface area contributed by atoms with Crippen molar-refractivity contribution in [1.29, 1.82) is 5.26 Å². The van der Waals surface area contributed by atoms with E-state index in [2.05, 4.69) is 6.92 Å². The molecule has 1 fully saturated rings. The molecule has 2 amide bonds. The van der Waals surface area contributed by atoms with E-state index in [0.717, 1.165) is 83.9 Å². The fraction of sp³-hybridized carbons (Fsp3) is 0.422. The minimum atomic E-state index is -4.23. The SMILES string of the molecule is CCCCC(CC)COC(=O)/C(C#N)=C1\Sc2c(OCCCCCS(=O)(=O)O)c3c(c(OCCCCS(=O)(=O)O)c2S1)SC(=C1C(=O)N(Cc2ccccc2)N(Cc2ccccc2)C1=O)S3. The summed E-state index contributed by atoms with van der Waals surface area (Å²) in [5.41, 5.74) is 1.37. The lowest BCUT2D eigenvalue weighted by Crippen LogP contribution is -2.39. The molecule has 0 bridgehead atoms. The summed E-state index contributed by atoms with van der Waals surface area (Å²) in [6.07, 6.45) is 4.95. The van der Waals surface area contributed by atoms with Gasteiger partial charge in [-0.25, -0.2) is 14.8 Å². The largest absolute Gasteiger partial charge is 0.491 e. The van der Waals surface area contributed by atoms with Gasteiger partial charge in [-0.15, -0.1) is 0 Å². The van der Waals surface area contributed by atoms with E-state index in [9.17, 15) is 45.6 Å². The van der Waals surface area contributed by atoms with Crippen molar-refractivity contribution in [2.24, 2.45) is 5.92 Å². The van der Waals surface area contributed by atoms with Gasteiger partial charge in [-0.1, -0.05) is 141 Å². The molecule has 21 heteroatoms. The molecule has 0 spiro atoms. The number of ether oxygens (including phenoxy) is 3. The Balaban J connectivity index is 1.41. The number of carbonyl (C=O) groups is 3. The van der Waals surface area contributed by atoms with Gasteiger partial charge in [-0.05, 0) is 55.6 Å². The third-order valence-electron chi connectivity index (χ3n) is 10.6. The second kappa shape index (κ2) is 23.7. The number of hydrogen-bond donors (Lipinski definition) is 2. The van der Waals surface area contributed by atoms with Gasteiger partial charge in [0.05, 0.1) is 72.5 Å². The van der Waals surface area contributed by atoms with Crippen LogP contribution < -0.4 is 9.47 Å². The normalized spacial score (nSPS) is 16.0. The zero-order valence-corrected chi connectivity index (χ0v) is 41.3. The Labute approximate surface area is 402 Å². The van der Waals surface area contributed by atoms with Crippen molar-refractivity contribution < 1.29 is 54.5 Å². The molecule has 1 unspecified atom stereocenters. The van der Waals surface area contributed by atoms with Crippen LogP contribution in [-0.2, 0) is 52.4 Å². The van der Waals surface area contributed by atoms with Crippen LogP contribution >= 0.6 is 47.0 Å². The number of unbranched alkanes of at least 4 members (excludes halogenated alkanes) is 4. The maximum absolute atomic E-state index is 14.6. The summed E-state index contributed by atoms with van der Waals surface area (Å²) in [6, 6.07) is 20.7. The Hall–Kier alpha value is -4.14. The van der Waals surface area contributed by atoms with E-state index in [0.29, 0.717) is 52.4 Å². The van der Waals surface area contributed by atoms with Crippen LogP contribution in [0.25, 0.3) is 0 Å². The van der Waals surface area contributed by atoms with E-state index in [-0.39, 0.29) is 69.2 Å². The molecule has 0 aromatic heterocycles. The number of fused-ring (bicyclic) bond motifs is 2. The van der Waals surface area contributed by atoms with Crippen LogP contribution in [0.5, 0.6) is 11.5 Å². The molecule has 3 heterocycles. The average molecular weight is 1020 g/mol. The van der Waals surface area contributed by atoms with E-state index in [1.165, 1.54) is 10.0 Å². The second-order valence-electron chi connectivity index (χ2n) is 15.6. The van der Waals surface area contributed by atoms with E-state index >= 15 is 0 Å². The lowest BCUT2D eigenvalue weighted by molar-refractivity contribution is -0.149. The Bertz CT molecular complexity index is 2540. The predicted molar refractivity (Wildman–Crippen MR) is 255 cm³/mol. The number of esters is 1. The number of hydrazine groups is 1. The average Bonchev–Trinajstić information content (AvgIpc) is 3.97. The van der Waals surface area contributed by atoms with Gasteiger partial charge in [-0.2, -0.15) is 22.1 Å². The monoisotopic (exact) mass is 1020 g/mol. The molecule has 0 radical (unpaired) electrons. The van der Waals surface area contributed by atoms with Gasteiger partial charge in [0.2, 0.25) is 0 Å². The van der Waals surface area contributed by atoms with Crippen molar-refractivity contribution in [1.82, 2.24) is 10.0 Å². The first-order valence-electron chi connectivity index (χ1n) is 21.5. The summed E-state index contributed by atoms with van der Waals surface area (Å²) in [5, 5.41) is 13.2. The molecular weight excluding hydrogens is 967 g/mol. The number of thioether (sulfide) groups is 4. The van der Waals surface area contributed by atoms with E-state index in [1.807, 2.05) is 73.7 Å². The predicted octanol–water partition coefficient (Wildman–Crippen LogP) is 9.26. The summed E-state index contributed by atoms with van der Waals surface area (Å²) in [5.74, 6) is -1.89. The Morgan fingerprint density at radius 2 is 1.17 bits per heavy atom. The van der Waals surface area contributed by atoms with Gasteiger partial charge in [0.15, 0.2) is 5.57 Å². The van der Waals surface area contributed by atoms with Crippen LogP contribution in [0.15, 0.2) is 99.9 Å². The van der Waals surface area contributed by atoms with E-state index < -0.39 is 49.5 Å². The number of nitrogens with zero attached hydrogens (tertiary/aromatic N) is 3. The number of benzene rings is 3. The molecule has 15 nitrogen and oxygen atoms in total. The third kappa shape index (κ3) is 13.5. The van der Waals surface area contributed by atoms with Gasteiger partial charge >= 0.3 is 5.97 Å². The van der Waals surface area contributed by atoms with Gasteiger partial charge < -0.3 is 14.2 Å². The highest BCUT2D eigenvalue weighted by atomic mass is 32.2. The number of rotatable bonds is 24. The Kier molecular flexibility index (Phi) is 18.4. The Morgan fingerprint density at radius 3 is 1.62 bits per heavy atom. The van der Waals surface area contributed by atoms with E-state index in [4.69, 9.17) is 14.2 Å². The Morgan fingerprint density at radius 1 is 0.697 bits per heavy atom. The fourth-order valence-electron chi connectivity index (χ4n) is 7.08. The maximum atomic E-state index is 14.6. The van der Waals surface area contributed by atoms with Crippen LogP contribution in [0, 0.1) is 17.2 Å². The van der Waals surface area contributed by atoms with Gasteiger partial charge in [0.1, 0.15) is 23.1 Å². The van der Waals surface area contributed by atoms with Crippen molar-refractivity contribution in [3.63, 3.8) is 0 Å². The van der Waals surface area contributed by atoms with Crippen LogP contribution in [0.3, 0.4) is 0 Å². The third-order valence-corrected chi connectivity index (χ3v) is 17.4. The molecule has 2 N–H and O–H groups in total. The molecule has 6 rings (SSSR count). The molecule has 1 atom stereocenters. The van der Waals surface area contributed by atoms with Gasteiger partial charge in [0.25, 0.3) is 32.1 Å². The molecule has 354 valence electrons. The summed E-state index contributed by atoms with van der Waals surface area (Å²) in [7, 11) is -8.38. The smallest absolute Gasteiger partial charge is 0.350 e. The maximum Gasteiger partial charge on any atom is 0.350 e. The first kappa shape index (κ1) is 51.3. The van der Waals surface area contributed by atoms with Crippen LogP contribution in [-0.4, -0.2) is 85.1 Å². The van der Waals surface area contributed by atoms with Crippen molar-refractivity contribution >= 4 is 85.1 Å². The standard InChI is InChI=1S/C45H51N3O12S6/c1-3-5-17-30(4-2)29-60-43(51)33(26-46)44-61-37-35(58-22-13-8-15-24-65(52,53)54)39-40(36(38(37)62-44)59-23-14-16-25-66(55,56)57)64-45(63-39)34-41(49)47(27-31-18-9-6-10-19-31)48(42(34)50)28-32-20-11-7-12-21-32/h6-7,9-12,18-21,30H,3-5,8,13-17,22-25,27-29H2,1-2H3,(H,52,53,54)(H,55,56,57)/b44-33+. The topological polar surface area (TPSA) is 218 Å². The zero-order valence-electron chi connectivity index (χ0n) is 36.4. The molecule has 0 saturated carbocycles. The molecule has 3 aliphatic heterocycles. The van der Waals surface area contributed by atoms with Crippen molar-refractivity contribution in [2.45, 2.75) is 104 Å². The lowest BCUT2D eigenvalue weighted by atomic mass is 10.0. The molecule has 66 heavy (non-hydrogen) atoms. The minimum Gasteiger partial charge on any atom is -0.491 e. The van der Waals surface area contributed by atoms with Crippen LogP contribution in [0.1, 0.15) is 82.8 Å². The van der Waals surface area contributed by atoms with Crippen molar-refractivity contribution in [3.05, 3.63) is 91.4 Å². The summed E-state index contributed by atoms with van der Waals surface area (Å²) < 4.78 is 83.7. The van der Waals surface area contributed by atoms with E-state index in [1.54, 1.807) is 0 Å². The highest BCUT2D eigenvalue weighted by Crippen LogP contribution is 2.68.